The van der Waals surface area contributed by atoms with Crippen LogP contribution in [0.1, 0.15) is 48.0 Å². The molecule has 2 rings (SSSR count). The summed E-state index contributed by atoms with van der Waals surface area (Å²) in [6.45, 7) is 3.73. The van der Waals surface area contributed by atoms with E-state index in [9.17, 15) is 9.59 Å². The smallest absolute Gasteiger partial charge is 0.335 e. The van der Waals surface area contributed by atoms with Crippen molar-refractivity contribution in [3.8, 4) is 0 Å². The van der Waals surface area contributed by atoms with E-state index in [2.05, 4.69) is 11.9 Å². The Hall–Kier alpha value is -2.17. The van der Waals surface area contributed by atoms with Crippen molar-refractivity contribution in [2.45, 2.75) is 32.1 Å². The molecule has 1 aromatic rings. The SMILES string of the molecule is CN=CC(CCN1CCCC1=O)C(C)c1ccc(C(=O)O)cc1. The lowest BCUT2D eigenvalue weighted by Gasteiger charge is -2.24. The maximum atomic E-state index is 11.7. The molecule has 1 heterocycles. The van der Waals surface area contributed by atoms with Crippen molar-refractivity contribution in [3.63, 3.8) is 0 Å². The molecule has 1 N–H and O–H groups in total. The van der Waals surface area contributed by atoms with Crippen LogP contribution in [0.15, 0.2) is 29.3 Å². The molecule has 2 atom stereocenters. The largest absolute Gasteiger partial charge is 0.478 e. The van der Waals surface area contributed by atoms with Gasteiger partial charge < -0.3 is 15.0 Å². The predicted octanol–water partition coefficient (Wildman–Crippen LogP) is 2.82. The number of carbonyl (C=O) groups is 2. The molecule has 1 amide bonds. The number of carbonyl (C=O) groups excluding carboxylic acids is 1. The second kappa shape index (κ2) is 7.90. The Morgan fingerprint density at radius 3 is 2.61 bits per heavy atom. The van der Waals surface area contributed by atoms with Crippen LogP contribution < -0.4 is 0 Å². The van der Waals surface area contributed by atoms with Gasteiger partial charge in [0, 0.05) is 38.7 Å². The summed E-state index contributed by atoms with van der Waals surface area (Å²) >= 11 is 0. The van der Waals surface area contributed by atoms with Crippen LogP contribution in [0.25, 0.3) is 0 Å². The number of carboxylic acids is 1. The van der Waals surface area contributed by atoms with E-state index in [1.807, 2.05) is 23.2 Å². The van der Waals surface area contributed by atoms with E-state index in [0.29, 0.717) is 12.0 Å². The maximum Gasteiger partial charge on any atom is 0.335 e. The molecule has 5 heteroatoms. The van der Waals surface area contributed by atoms with E-state index in [1.54, 1.807) is 19.2 Å². The zero-order valence-corrected chi connectivity index (χ0v) is 13.7. The lowest BCUT2D eigenvalue weighted by atomic mass is 9.85. The summed E-state index contributed by atoms with van der Waals surface area (Å²) in [5.74, 6) is -0.220. The molecule has 0 saturated carbocycles. The minimum absolute atomic E-state index is 0.222. The first-order chi connectivity index (χ1) is 11.0. The molecule has 23 heavy (non-hydrogen) atoms. The van der Waals surface area contributed by atoms with Crippen molar-refractivity contribution in [2.75, 3.05) is 20.1 Å². The first-order valence-corrected chi connectivity index (χ1v) is 8.06. The lowest BCUT2D eigenvalue weighted by molar-refractivity contribution is -0.127. The molecule has 0 radical (unpaired) electrons. The second-order valence-corrected chi connectivity index (χ2v) is 6.06. The number of aromatic carboxylic acids is 1. The number of hydrogen-bond donors (Lipinski definition) is 1. The minimum atomic E-state index is -0.914. The summed E-state index contributed by atoms with van der Waals surface area (Å²) in [4.78, 5) is 28.8. The molecule has 1 saturated heterocycles. The van der Waals surface area contributed by atoms with Crippen molar-refractivity contribution in [3.05, 3.63) is 35.4 Å². The van der Waals surface area contributed by atoms with Gasteiger partial charge in [-0.2, -0.15) is 0 Å². The predicted molar refractivity (Wildman–Crippen MR) is 90.2 cm³/mol. The van der Waals surface area contributed by atoms with E-state index in [0.717, 1.165) is 31.5 Å². The normalized spacial score (nSPS) is 17.7. The zero-order chi connectivity index (χ0) is 16.8. The van der Waals surface area contributed by atoms with Crippen molar-refractivity contribution >= 4 is 18.1 Å². The molecule has 2 unspecified atom stereocenters. The van der Waals surface area contributed by atoms with Gasteiger partial charge >= 0.3 is 5.97 Å². The summed E-state index contributed by atoms with van der Waals surface area (Å²) in [5.41, 5.74) is 1.39. The number of nitrogens with zero attached hydrogens (tertiary/aromatic N) is 2. The fraction of sp³-hybridized carbons (Fsp3) is 0.500. The molecule has 1 aromatic carbocycles. The topological polar surface area (TPSA) is 70.0 Å². The fourth-order valence-corrected chi connectivity index (χ4v) is 3.07. The second-order valence-electron chi connectivity index (χ2n) is 6.06. The van der Waals surface area contributed by atoms with E-state index < -0.39 is 5.97 Å². The standard InChI is InChI=1S/C18H24N2O3/c1-13(14-5-7-15(8-6-14)18(22)23)16(12-19-2)9-11-20-10-3-4-17(20)21/h5-8,12-13,16H,3-4,9-11H2,1-2H3,(H,22,23). The van der Waals surface area contributed by atoms with Crippen LogP contribution in [-0.4, -0.2) is 48.2 Å². The average molecular weight is 316 g/mol. The molecule has 0 aromatic heterocycles. The van der Waals surface area contributed by atoms with Gasteiger partial charge in [0.1, 0.15) is 0 Å². The van der Waals surface area contributed by atoms with Crippen LogP contribution in [0, 0.1) is 5.92 Å². The molecular formula is C18H24N2O3. The Kier molecular flexibility index (Phi) is 5.90. The van der Waals surface area contributed by atoms with Gasteiger partial charge in [-0.05, 0) is 36.5 Å². The molecule has 1 fully saturated rings. The number of likely N-dealkylation sites (tertiary alicyclic amines) is 1. The quantitative estimate of drug-likeness (QED) is 0.786. The van der Waals surface area contributed by atoms with Crippen molar-refractivity contribution in [1.29, 1.82) is 0 Å². The first kappa shape index (κ1) is 17.2. The summed E-state index contributed by atoms with van der Waals surface area (Å²) in [7, 11) is 1.76. The lowest BCUT2D eigenvalue weighted by Crippen LogP contribution is -2.28. The highest BCUT2D eigenvalue weighted by molar-refractivity contribution is 5.87. The third-order valence-corrected chi connectivity index (χ3v) is 4.57. The van der Waals surface area contributed by atoms with Crippen LogP contribution in [0.2, 0.25) is 0 Å². The van der Waals surface area contributed by atoms with Gasteiger partial charge in [0.05, 0.1) is 5.56 Å². The van der Waals surface area contributed by atoms with Gasteiger partial charge in [0.25, 0.3) is 0 Å². The number of amides is 1. The molecular weight excluding hydrogens is 292 g/mol. The number of rotatable bonds is 7. The van der Waals surface area contributed by atoms with Gasteiger partial charge in [0.2, 0.25) is 5.91 Å². The first-order valence-electron chi connectivity index (χ1n) is 8.06. The molecule has 0 bridgehead atoms. The summed E-state index contributed by atoms with van der Waals surface area (Å²) < 4.78 is 0. The van der Waals surface area contributed by atoms with Crippen LogP contribution >= 0.6 is 0 Å². The number of hydrogen-bond acceptors (Lipinski definition) is 3. The van der Waals surface area contributed by atoms with E-state index in [-0.39, 0.29) is 17.7 Å². The van der Waals surface area contributed by atoms with E-state index in [1.165, 1.54) is 0 Å². The third kappa shape index (κ3) is 4.41. The molecule has 1 aliphatic heterocycles. The van der Waals surface area contributed by atoms with E-state index >= 15 is 0 Å². The highest BCUT2D eigenvalue weighted by atomic mass is 16.4. The summed E-state index contributed by atoms with van der Waals surface area (Å²) in [5, 5.41) is 8.98. The van der Waals surface area contributed by atoms with Crippen LogP contribution in [0.3, 0.4) is 0 Å². The monoisotopic (exact) mass is 316 g/mol. The van der Waals surface area contributed by atoms with E-state index in [4.69, 9.17) is 5.11 Å². The Morgan fingerprint density at radius 2 is 2.09 bits per heavy atom. The van der Waals surface area contributed by atoms with Gasteiger partial charge in [-0.1, -0.05) is 19.1 Å². The highest BCUT2D eigenvalue weighted by Gasteiger charge is 2.23. The molecule has 124 valence electrons. The Labute approximate surface area is 137 Å². The highest BCUT2D eigenvalue weighted by Crippen LogP contribution is 2.27. The Bertz CT molecular complexity index is 580. The van der Waals surface area contributed by atoms with Gasteiger partial charge in [0.15, 0.2) is 0 Å². The zero-order valence-electron chi connectivity index (χ0n) is 13.7. The van der Waals surface area contributed by atoms with Crippen LogP contribution in [-0.2, 0) is 4.79 Å². The Balaban J connectivity index is 2.03. The van der Waals surface area contributed by atoms with Crippen molar-refractivity contribution in [1.82, 2.24) is 4.90 Å². The molecule has 0 aliphatic carbocycles. The van der Waals surface area contributed by atoms with Gasteiger partial charge in [-0.3, -0.25) is 4.79 Å². The summed E-state index contributed by atoms with van der Waals surface area (Å²) in [6, 6.07) is 7.01. The Morgan fingerprint density at radius 1 is 1.39 bits per heavy atom. The van der Waals surface area contributed by atoms with Crippen molar-refractivity contribution < 1.29 is 14.7 Å². The number of carboxylic acid groups (broad SMARTS) is 1. The molecule has 5 nitrogen and oxygen atoms in total. The van der Waals surface area contributed by atoms with Crippen LogP contribution in [0.4, 0.5) is 0 Å². The number of benzene rings is 1. The fourth-order valence-electron chi connectivity index (χ4n) is 3.07. The maximum absolute atomic E-state index is 11.7. The molecule has 1 aliphatic rings. The minimum Gasteiger partial charge on any atom is -0.478 e. The van der Waals surface area contributed by atoms with Gasteiger partial charge in [-0.25, -0.2) is 4.79 Å². The summed E-state index contributed by atoms with van der Waals surface area (Å²) in [6.07, 6.45) is 4.43. The van der Waals surface area contributed by atoms with Gasteiger partial charge in [-0.15, -0.1) is 0 Å². The van der Waals surface area contributed by atoms with Crippen LogP contribution in [0.5, 0.6) is 0 Å². The third-order valence-electron chi connectivity index (χ3n) is 4.57. The average Bonchev–Trinajstić information content (AvgIpc) is 2.96. The molecule has 0 spiro atoms. The number of aliphatic imine (C=N–C) groups is 1. The van der Waals surface area contributed by atoms with Crippen molar-refractivity contribution in [2.24, 2.45) is 10.9 Å².